The van der Waals surface area contributed by atoms with Gasteiger partial charge in [0.2, 0.25) is 5.91 Å². The van der Waals surface area contributed by atoms with Gasteiger partial charge in [-0.15, -0.1) is 0 Å². The van der Waals surface area contributed by atoms with E-state index in [-0.39, 0.29) is 5.91 Å². The van der Waals surface area contributed by atoms with Crippen LogP contribution in [-0.4, -0.2) is 36.2 Å². The molecule has 0 bridgehead atoms. The number of aliphatic hydroxyl groups is 1. The summed E-state index contributed by atoms with van der Waals surface area (Å²) in [4.78, 5) is 11.4. The largest absolute Gasteiger partial charge is 0.389 e. The third kappa shape index (κ3) is 6.08. The lowest BCUT2D eigenvalue weighted by Gasteiger charge is -2.22. The highest BCUT2D eigenvalue weighted by Gasteiger charge is 2.22. The summed E-state index contributed by atoms with van der Waals surface area (Å²) < 4.78 is 0. The number of amides is 1. The van der Waals surface area contributed by atoms with Crippen LogP contribution in [0.3, 0.4) is 0 Å². The minimum absolute atomic E-state index is 0.0270. The molecule has 0 aromatic heterocycles. The third-order valence-electron chi connectivity index (χ3n) is 2.86. The number of hydrogen-bond acceptors (Lipinski definition) is 3. The minimum atomic E-state index is -0.703. The summed E-state index contributed by atoms with van der Waals surface area (Å²) in [7, 11) is 0. The molecule has 0 aromatic carbocycles. The summed E-state index contributed by atoms with van der Waals surface area (Å²) in [6.07, 6.45) is 4.20. The Bertz CT molecular complexity index is 225. The topological polar surface area (TPSA) is 61.4 Å². The van der Waals surface area contributed by atoms with Crippen molar-refractivity contribution in [3.8, 4) is 0 Å². The lowest BCUT2D eigenvalue weighted by Crippen LogP contribution is -2.42. The molecule has 0 saturated heterocycles. The summed E-state index contributed by atoms with van der Waals surface area (Å²) >= 11 is 0. The molecule has 3 N–H and O–H groups in total. The molecule has 0 heterocycles. The molecule has 0 aromatic rings. The zero-order chi connectivity index (χ0) is 12.0. The molecular weight excluding hydrogens is 204 g/mol. The standard InChI is InChI=1S/C12H24N2O2/c1-3-6-12(2,16)9-13-8-11(15)14-7-10-4-5-10/h10,13,16H,3-9H2,1-2H3,(H,14,15). The van der Waals surface area contributed by atoms with E-state index in [0.29, 0.717) is 19.0 Å². The van der Waals surface area contributed by atoms with Crippen LogP contribution in [0.1, 0.15) is 39.5 Å². The SMILES string of the molecule is CCCC(C)(O)CNCC(=O)NCC1CC1. The average molecular weight is 228 g/mol. The second-order valence-electron chi connectivity index (χ2n) is 5.10. The van der Waals surface area contributed by atoms with Crippen LogP contribution in [0, 0.1) is 5.92 Å². The lowest BCUT2D eigenvalue weighted by molar-refractivity contribution is -0.120. The molecule has 1 unspecified atom stereocenters. The normalized spacial score (nSPS) is 19.2. The maximum absolute atomic E-state index is 11.4. The number of rotatable bonds is 8. The van der Waals surface area contributed by atoms with Gasteiger partial charge in [0.15, 0.2) is 0 Å². The van der Waals surface area contributed by atoms with Gasteiger partial charge < -0.3 is 15.7 Å². The fraction of sp³-hybridized carbons (Fsp3) is 0.917. The van der Waals surface area contributed by atoms with Crippen LogP contribution >= 0.6 is 0 Å². The Kier molecular flexibility index (Phi) is 5.22. The van der Waals surface area contributed by atoms with Crippen LogP contribution in [0.5, 0.6) is 0 Å². The van der Waals surface area contributed by atoms with Crippen LogP contribution < -0.4 is 10.6 Å². The molecule has 0 spiro atoms. The Morgan fingerprint density at radius 1 is 1.50 bits per heavy atom. The second kappa shape index (κ2) is 6.21. The van der Waals surface area contributed by atoms with E-state index >= 15 is 0 Å². The molecule has 1 aliphatic rings. The maximum atomic E-state index is 11.4. The first-order valence-corrected chi connectivity index (χ1v) is 6.23. The molecule has 4 nitrogen and oxygen atoms in total. The van der Waals surface area contributed by atoms with Crippen molar-refractivity contribution in [2.75, 3.05) is 19.6 Å². The second-order valence-corrected chi connectivity index (χ2v) is 5.10. The van der Waals surface area contributed by atoms with Crippen molar-refractivity contribution >= 4 is 5.91 Å². The van der Waals surface area contributed by atoms with E-state index in [2.05, 4.69) is 10.6 Å². The molecule has 4 heteroatoms. The van der Waals surface area contributed by atoms with Crippen molar-refractivity contribution in [3.05, 3.63) is 0 Å². The predicted molar refractivity (Wildman–Crippen MR) is 64.1 cm³/mol. The lowest BCUT2D eigenvalue weighted by atomic mass is 10.0. The Labute approximate surface area is 97.8 Å². The van der Waals surface area contributed by atoms with Crippen LogP contribution in [0.25, 0.3) is 0 Å². The van der Waals surface area contributed by atoms with E-state index in [1.54, 1.807) is 6.92 Å². The molecule has 0 aliphatic heterocycles. The fourth-order valence-corrected chi connectivity index (χ4v) is 1.71. The van der Waals surface area contributed by atoms with Gasteiger partial charge in [0.05, 0.1) is 12.1 Å². The van der Waals surface area contributed by atoms with Gasteiger partial charge in [0.1, 0.15) is 0 Å². The van der Waals surface area contributed by atoms with Crippen molar-refractivity contribution in [1.29, 1.82) is 0 Å². The highest BCUT2D eigenvalue weighted by atomic mass is 16.3. The number of hydrogen-bond donors (Lipinski definition) is 3. The fourth-order valence-electron chi connectivity index (χ4n) is 1.71. The molecule has 1 saturated carbocycles. The van der Waals surface area contributed by atoms with Gasteiger partial charge in [-0.25, -0.2) is 0 Å². The first-order valence-electron chi connectivity index (χ1n) is 6.23. The average Bonchev–Trinajstić information content (AvgIpc) is 2.97. The van der Waals surface area contributed by atoms with Gasteiger partial charge in [0.25, 0.3) is 0 Å². The number of carbonyl (C=O) groups is 1. The van der Waals surface area contributed by atoms with E-state index in [1.807, 2.05) is 6.92 Å². The van der Waals surface area contributed by atoms with E-state index in [0.717, 1.165) is 19.4 Å². The van der Waals surface area contributed by atoms with Crippen molar-refractivity contribution in [2.24, 2.45) is 5.92 Å². The van der Waals surface area contributed by atoms with Crippen molar-refractivity contribution < 1.29 is 9.90 Å². The Hall–Kier alpha value is -0.610. The first kappa shape index (κ1) is 13.5. The van der Waals surface area contributed by atoms with Gasteiger partial charge in [-0.1, -0.05) is 13.3 Å². The molecule has 1 aliphatic carbocycles. The Balaban J connectivity index is 2.02. The molecule has 1 atom stereocenters. The van der Waals surface area contributed by atoms with Crippen molar-refractivity contribution in [3.63, 3.8) is 0 Å². The molecule has 1 fully saturated rings. The van der Waals surface area contributed by atoms with Gasteiger partial charge in [-0.3, -0.25) is 4.79 Å². The van der Waals surface area contributed by atoms with E-state index < -0.39 is 5.60 Å². The van der Waals surface area contributed by atoms with E-state index in [9.17, 15) is 9.90 Å². The Morgan fingerprint density at radius 2 is 2.19 bits per heavy atom. The summed E-state index contributed by atoms with van der Waals surface area (Å²) in [5.41, 5.74) is -0.703. The highest BCUT2D eigenvalue weighted by molar-refractivity contribution is 5.77. The highest BCUT2D eigenvalue weighted by Crippen LogP contribution is 2.27. The molecule has 1 rings (SSSR count). The van der Waals surface area contributed by atoms with Gasteiger partial charge in [0, 0.05) is 13.1 Å². The summed E-state index contributed by atoms with van der Waals surface area (Å²) in [6.45, 7) is 5.42. The predicted octanol–water partition coefficient (Wildman–Crippen LogP) is 0.653. The molecule has 0 radical (unpaired) electrons. The van der Waals surface area contributed by atoms with Crippen LogP contribution in [0.2, 0.25) is 0 Å². The van der Waals surface area contributed by atoms with Gasteiger partial charge >= 0.3 is 0 Å². The monoisotopic (exact) mass is 228 g/mol. The minimum Gasteiger partial charge on any atom is -0.389 e. The summed E-state index contributed by atoms with van der Waals surface area (Å²) in [6, 6.07) is 0. The Morgan fingerprint density at radius 3 is 2.75 bits per heavy atom. The van der Waals surface area contributed by atoms with Gasteiger partial charge in [-0.05, 0) is 32.1 Å². The smallest absolute Gasteiger partial charge is 0.233 e. The zero-order valence-electron chi connectivity index (χ0n) is 10.4. The zero-order valence-corrected chi connectivity index (χ0v) is 10.4. The van der Waals surface area contributed by atoms with Crippen molar-refractivity contribution in [1.82, 2.24) is 10.6 Å². The van der Waals surface area contributed by atoms with E-state index in [4.69, 9.17) is 0 Å². The summed E-state index contributed by atoms with van der Waals surface area (Å²) in [5, 5.41) is 15.7. The quantitative estimate of drug-likeness (QED) is 0.572. The third-order valence-corrected chi connectivity index (χ3v) is 2.86. The molecular formula is C12H24N2O2. The molecule has 1 amide bonds. The van der Waals surface area contributed by atoms with Crippen molar-refractivity contribution in [2.45, 2.75) is 45.1 Å². The molecule has 94 valence electrons. The summed E-state index contributed by atoms with van der Waals surface area (Å²) in [5.74, 6) is 0.742. The van der Waals surface area contributed by atoms with Gasteiger partial charge in [-0.2, -0.15) is 0 Å². The van der Waals surface area contributed by atoms with Crippen LogP contribution in [-0.2, 0) is 4.79 Å². The van der Waals surface area contributed by atoms with E-state index in [1.165, 1.54) is 12.8 Å². The first-order chi connectivity index (χ1) is 7.53. The number of nitrogens with one attached hydrogen (secondary N) is 2. The van der Waals surface area contributed by atoms with Crippen LogP contribution in [0.15, 0.2) is 0 Å². The maximum Gasteiger partial charge on any atom is 0.233 e. The van der Waals surface area contributed by atoms with Crippen LogP contribution in [0.4, 0.5) is 0 Å². The molecule has 16 heavy (non-hydrogen) atoms. The number of carbonyl (C=O) groups excluding carboxylic acids is 1.